The van der Waals surface area contributed by atoms with Crippen molar-refractivity contribution in [2.45, 2.75) is 13.8 Å². The van der Waals surface area contributed by atoms with Crippen molar-refractivity contribution in [2.24, 2.45) is 5.10 Å². The fraction of sp³-hybridized carbons (Fsp3) is 0.0870. The molecule has 0 atom stereocenters. The number of hydrazone groups is 1. The lowest BCUT2D eigenvalue weighted by Crippen LogP contribution is -2.18. The molecule has 0 saturated heterocycles. The zero-order valence-corrected chi connectivity index (χ0v) is 16.5. The van der Waals surface area contributed by atoms with Crippen LogP contribution in [0.4, 0.5) is 0 Å². The third-order valence-electron chi connectivity index (χ3n) is 4.43. The van der Waals surface area contributed by atoms with Gasteiger partial charge in [-0.2, -0.15) is 5.10 Å². The van der Waals surface area contributed by atoms with Crippen LogP contribution in [0.3, 0.4) is 0 Å². The van der Waals surface area contributed by atoms with Gasteiger partial charge in [-0.3, -0.25) is 4.79 Å². The second-order valence-corrected chi connectivity index (χ2v) is 7.91. The van der Waals surface area contributed by atoms with Crippen molar-refractivity contribution < 1.29 is 4.79 Å². The van der Waals surface area contributed by atoms with Crippen molar-refractivity contribution in [1.29, 1.82) is 0 Å². The molecule has 0 radical (unpaired) electrons. The van der Waals surface area contributed by atoms with E-state index in [0.717, 1.165) is 27.0 Å². The maximum atomic E-state index is 12.8. The van der Waals surface area contributed by atoms with Crippen molar-refractivity contribution in [3.05, 3.63) is 87.6 Å². The Morgan fingerprint density at radius 1 is 1.04 bits per heavy atom. The van der Waals surface area contributed by atoms with E-state index < -0.39 is 0 Å². The van der Waals surface area contributed by atoms with Gasteiger partial charge in [-0.25, -0.2) is 10.4 Å². The number of benzene rings is 2. The van der Waals surface area contributed by atoms with Crippen LogP contribution in [-0.4, -0.2) is 17.1 Å². The largest absolute Gasteiger partial charge is 0.272 e. The lowest BCUT2D eigenvalue weighted by atomic mass is 10.0. The second kappa shape index (κ2) is 7.74. The first kappa shape index (κ1) is 18.1. The molecule has 0 spiro atoms. The molecule has 4 aromatic rings. The molecule has 2 aromatic carbocycles. The topological polar surface area (TPSA) is 54.4 Å². The molecule has 0 aliphatic carbocycles. The van der Waals surface area contributed by atoms with E-state index in [-0.39, 0.29) is 5.91 Å². The summed E-state index contributed by atoms with van der Waals surface area (Å²) >= 11 is 1.63. The first-order chi connectivity index (χ1) is 13.6. The molecule has 4 rings (SSSR count). The van der Waals surface area contributed by atoms with E-state index in [1.807, 2.05) is 80.6 Å². The molecule has 0 bridgehead atoms. The monoisotopic (exact) mass is 385 g/mol. The first-order valence-electron chi connectivity index (χ1n) is 8.97. The highest BCUT2D eigenvalue weighted by Gasteiger charge is 2.13. The number of carbonyl (C=O) groups excluding carboxylic acids is 1. The number of aromatic nitrogens is 1. The lowest BCUT2D eigenvalue weighted by molar-refractivity contribution is 0.0957. The van der Waals surface area contributed by atoms with Crippen LogP contribution in [-0.2, 0) is 0 Å². The number of amides is 1. The van der Waals surface area contributed by atoms with Gasteiger partial charge >= 0.3 is 0 Å². The van der Waals surface area contributed by atoms with Gasteiger partial charge in [0.25, 0.3) is 5.91 Å². The van der Waals surface area contributed by atoms with Crippen molar-refractivity contribution in [3.63, 3.8) is 0 Å². The van der Waals surface area contributed by atoms with Gasteiger partial charge in [0.2, 0.25) is 0 Å². The number of hydrogen-bond donors (Lipinski definition) is 1. The molecule has 1 amide bonds. The average Bonchev–Trinajstić information content (AvgIpc) is 3.12. The molecule has 0 aliphatic rings. The number of thiophene rings is 1. The van der Waals surface area contributed by atoms with Crippen molar-refractivity contribution in [2.75, 3.05) is 0 Å². The van der Waals surface area contributed by atoms with Crippen LogP contribution in [0, 0.1) is 13.8 Å². The first-order valence-corrected chi connectivity index (χ1v) is 9.78. The minimum absolute atomic E-state index is 0.253. The molecular weight excluding hydrogens is 366 g/mol. The molecule has 2 heterocycles. The normalized spacial score (nSPS) is 11.2. The van der Waals surface area contributed by atoms with Crippen LogP contribution >= 0.6 is 11.3 Å². The summed E-state index contributed by atoms with van der Waals surface area (Å²) in [4.78, 5) is 19.8. The molecule has 2 aromatic heterocycles. The predicted molar refractivity (Wildman–Crippen MR) is 116 cm³/mol. The Kier molecular flexibility index (Phi) is 5.00. The summed E-state index contributed by atoms with van der Waals surface area (Å²) in [6.07, 6.45) is 1.67. The molecule has 0 aliphatic heterocycles. The number of rotatable bonds is 4. The predicted octanol–water partition coefficient (Wildman–Crippen LogP) is 5.34. The number of pyridine rings is 1. The Hall–Kier alpha value is -3.31. The number of nitrogens with one attached hydrogen (secondary N) is 1. The lowest BCUT2D eigenvalue weighted by Gasteiger charge is -2.09. The molecule has 0 unspecified atom stereocenters. The number of carbonyl (C=O) groups is 1. The number of fused-ring (bicyclic) bond motifs is 1. The van der Waals surface area contributed by atoms with Crippen LogP contribution in [0.15, 0.2) is 71.8 Å². The third-order valence-corrected chi connectivity index (χ3v) is 5.36. The number of nitrogens with zero attached hydrogens (tertiary/aromatic N) is 2. The van der Waals surface area contributed by atoms with Crippen LogP contribution in [0.5, 0.6) is 0 Å². The quantitative estimate of drug-likeness (QED) is 0.381. The minimum atomic E-state index is -0.253. The number of hydrogen-bond acceptors (Lipinski definition) is 4. The highest BCUT2D eigenvalue weighted by molar-refractivity contribution is 7.13. The van der Waals surface area contributed by atoms with Crippen molar-refractivity contribution >= 4 is 34.4 Å². The molecule has 4 nitrogen and oxygen atoms in total. The summed E-state index contributed by atoms with van der Waals surface area (Å²) < 4.78 is 0. The van der Waals surface area contributed by atoms with Gasteiger partial charge < -0.3 is 0 Å². The second-order valence-electron chi connectivity index (χ2n) is 6.59. The molecule has 5 heteroatoms. The summed E-state index contributed by atoms with van der Waals surface area (Å²) in [5, 5.41) is 4.92. The maximum absolute atomic E-state index is 12.8. The molecule has 0 fully saturated rings. The van der Waals surface area contributed by atoms with E-state index in [2.05, 4.69) is 10.5 Å². The Balaban J connectivity index is 1.69. The standard InChI is InChI=1S/C23H19N3OS/c1-15-7-10-17(11-8-15)22-13-20(19-5-3-4-6-21(19)25-22)23(27)26-24-14-18-12-9-16(2)28-18/h3-14H,1-2H3,(H,26,27)/b24-14-. The molecule has 1 N–H and O–H groups in total. The summed E-state index contributed by atoms with van der Waals surface area (Å²) in [6.45, 7) is 4.08. The zero-order chi connectivity index (χ0) is 19.5. The third kappa shape index (κ3) is 3.85. The Morgan fingerprint density at radius 3 is 2.57 bits per heavy atom. The summed E-state index contributed by atoms with van der Waals surface area (Å²) in [5.41, 5.74) is 6.90. The summed E-state index contributed by atoms with van der Waals surface area (Å²) in [6, 6.07) is 21.6. The highest BCUT2D eigenvalue weighted by Crippen LogP contribution is 2.25. The fourth-order valence-corrected chi connectivity index (χ4v) is 3.72. The van der Waals surface area contributed by atoms with Crippen LogP contribution in [0.2, 0.25) is 0 Å². The highest BCUT2D eigenvalue weighted by atomic mass is 32.1. The van der Waals surface area contributed by atoms with Gasteiger partial charge in [0.15, 0.2) is 0 Å². The number of para-hydroxylation sites is 1. The zero-order valence-electron chi connectivity index (χ0n) is 15.6. The molecular formula is C23H19N3OS. The molecule has 138 valence electrons. The molecule has 28 heavy (non-hydrogen) atoms. The number of aryl methyl sites for hydroxylation is 2. The Morgan fingerprint density at radius 2 is 1.82 bits per heavy atom. The van der Waals surface area contributed by atoms with E-state index in [1.165, 1.54) is 10.4 Å². The van der Waals surface area contributed by atoms with Crippen molar-refractivity contribution in [1.82, 2.24) is 10.4 Å². The fourth-order valence-electron chi connectivity index (χ4n) is 2.97. The van der Waals surface area contributed by atoms with E-state index in [0.29, 0.717) is 5.56 Å². The van der Waals surface area contributed by atoms with Crippen LogP contribution in [0.25, 0.3) is 22.2 Å². The summed E-state index contributed by atoms with van der Waals surface area (Å²) in [5.74, 6) is -0.253. The van der Waals surface area contributed by atoms with E-state index in [1.54, 1.807) is 17.6 Å². The van der Waals surface area contributed by atoms with Gasteiger partial charge in [-0.1, -0.05) is 48.0 Å². The van der Waals surface area contributed by atoms with Gasteiger partial charge in [0, 0.05) is 20.7 Å². The van der Waals surface area contributed by atoms with Gasteiger partial charge in [0.05, 0.1) is 23.0 Å². The van der Waals surface area contributed by atoms with Crippen LogP contribution < -0.4 is 5.43 Å². The smallest absolute Gasteiger partial charge is 0.267 e. The Bertz CT molecular complexity index is 1180. The average molecular weight is 385 g/mol. The van der Waals surface area contributed by atoms with Crippen LogP contribution in [0.1, 0.15) is 25.7 Å². The maximum Gasteiger partial charge on any atom is 0.272 e. The van der Waals surface area contributed by atoms with Gasteiger partial charge in [0.1, 0.15) is 0 Å². The van der Waals surface area contributed by atoms with E-state index in [4.69, 9.17) is 4.98 Å². The Labute approximate surface area is 167 Å². The van der Waals surface area contributed by atoms with Crippen molar-refractivity contribution in [3.8, 4) is 11.3 Å². The van der Waals surface area contributed by atoms with Gasteiger partial charge in [-0.05, 0) is 38.1 Å². The SMILES string of the molecule is Cc1ccc(-c2cc(C(=O)N/N=C\c3ccc(C)s3)c3ccccc3n2)cc1. The van der Waals surface area contributed by atoms with E-state index >= 15 is 0 Å². The molecule has 0 saturated carbocycles. The van der Waals surface area contributed by atoms with E-state index in [9.17, 15) is 4.79 Å². The summed E-state index contributed by atoms with van der Waals surface area (Å²) in [7, 11) is 0. The minimum Gasteiger partial charge on any atom is -0.267 e. The van der Waals surface area contributed by atoms with Gasteiger partial charge in [-0.15, -0.1) is 11.3 Å².